The van der Waals surface area contributed by atoms with Crippen molar-refractivity contribution in [2.75, 3.05) is 26.2 Å². The maximum Gasteiger partial charge on any atom is 0.194 e. The molecule has 0 radical (unpaired) electrons. The maximum absolute atomic E-state index is 10.4. The van der Waals surface area contributed by atoms with Crippen LogP contribution in [0.5, 0.6) is 0 Å². The van der Waals surface area contributed by atoms with Crippen molar-refractivity contribution in [2.45, 2.75) is 64.9 Å². The van der Waals surface area contributed by atoms with E-state index in [1.54, 1.807) is 0 Å². The first-order valence-corrected chi connectivity index (χ1v) is 8.26. The highest BCUT2D eigenvalue weighted by Crippen LogP contribution is 2.33. The average Bonchev–Trinajstić information content (AvgIpc) is 3.03. The Bertz CT molecular complexity index is 355. The van der Waals surface area contributed by atoms with E-state index in [0.29, 0.717) is 12.0 Å². The van der Waals surface area contributed by atoms with Crippen molar-refractivity contribution in [1.29, 1.82) is 0 Å². The number of nitrogens with one attached hydrogen (secondary N) is 1. The van der Waals surface area contributed by atoms with Crippen LogP contribution >= 0.6 is 24.0 Å². The number of halogens is 1. The number of nitrogens with zero attached hydrogens (tertiary/aromatic N) is 2. The molecule has 0 aromatic carbocycles. The first-order valence-electron chi connectivity index (χ1n) is 8.26. The van der Waals surface area contributed by atoms with Crippen LogP contribution in [-0.2, 0) is 0 Å². The Hall–Kier alpha value is -0.0400. The van der Waals surface area contributed by atoms with Crippen LogP contribution in [0.3, 0.4) is 0 Å². The first-order chi connectivity index (χ1) is 9.50. The van der Waals surface area contributed by atoms with Crippen LogP contribution in [0.2, 0.25) is 0 Å². The zero-order chi connectivity index (χ0) is 14.6. The Balaban J connectivity index is 0.00000220. The normalized spacial score (nSPS) is 28.6. The minimum Gasteiger partial charge on any atom is -0.388 e. The van der Waals surface area contributed by atoms with E-state index in [-0.39, 0.29) is 24.0 Å². The molecule has 2 aliphatic rings. The highest BCUT2D eigenvalue weighted by atomic mass is 127. The van der Waals surface area contributed by atoms with Crippen LogP contribution in [0.1, 0.15) is 59.3 Å². The number of rotatable bonds is 4. The van der Waals surface area contributed by atoms with Gasteiger partial charge in [-0.15, -0.1) is 24.0 Å². The third kappa shape index (κ3) is 4.98. The number of aliphatic hydroxyl groups is 1. The summed E-state index contributed by atoms with van der Waals surface area (Å²) in [5, 5.41) is 13.8. The Kier molecular flexibility index (Phi) is 7.24. The molecule has 4 nitrogen and oxygen atoms in total. The number of hydrogen-bond acceptors (Lipinski definition) is 2. The summed E-state index contributed by atoms with van der Waals surface area (Å²) in [5.41, 5.74) is -0.130. The van der Waals surface area contributed by atoms with E-state index in [0.717, 1.165) is 51.3 Å². The van der Waals surface area contributed by atoms with Gasteiger partial charge in [-0.2, -0.15) is 0 Å². The molecule has 1 atom stereocenters. The van der Waals surface area contributed by atoms with E-state index in [9.17, 15) is 5.11 Å². The third-order valence-electron chi connectivity index (χ3n) is 5.10. The summed E-state index contributed by atoms with van der Waals surface area (Å²) < 4.78 is 0. The summed E-state index contributed by atoms with van der Waals surface area (Å²) in [6, 6.07) is 0. The Morgan fingerprint density at radius 1 is 1.24 bits per heavy atom. The highest BCUT2D eigenvalue weighted by molar-refractivity contribution is 14.0. The molecule has 124 valence electrons. The standard InChI is InChI=1S/C16H31N3O.HI/c1-4-15(3)10-11-19(13-15)14(17-5-2)18-12-16(20)8-6-7-9-16;/h20H,4-13H2,1-3H3,(H,17,18);1H. The van der Waals surface area contributed by atoms with Gasteiger partial charge in [0.15, 0.2) is 5.96 Å². The lowest BCUT2D eigenvalue weighted by atomic mass is 9.87. The van der Waals surface area contributed by atoms with Gasteiger partial charge < -0.3 is 15.3 Å². The first kappa shape index (κ1) is 19.0. The highest BCUT2D eigenvalue weighted by Gasteiger charge is 2.35. The van der Waals surface area contributed by atoms with Gasteiger partial charge in [0.1, 0.15) is 0 Å². The van der Waals surface area contributed by atoms with Crippen molar-refractivity contribution < 1.29 is 5.11 Å². The Labute approximate surface area is 146 Å². The molecule has 2 fully saturated rings. The summed E-state index contributed by atoms with van der Waals surface area (Å²) in [7, 11) is 0. The summed E-state index contributed by atoms with van der Waals surface area (Å²) in [5.74, 6) is 0.991. The van der Waals surface area contributed by atoms with Crippen LogP contribution in [0.25, 0.3) is 0 Å². The zero-order valence-corrected chi connectivity index (χ0v) is 16.2. The molecule has 0 aromatic heterocycles. The maximum atomic E-state index is 10.4. The second kappa shape index (κ2) is 7.99. The van der Waals surface area contributed by atoms with Crippen LogP contribution in [0, 0.1) is 5.41 Å². The molecule has 2 rings (SSSR count). The fraction of sp³-hybridized carbons (Fsp3) is 0.938. The lowest BCUT2D eigenvalue weighted by Crippen LogP contribution is -2.42. The van der Waals surface area contributed by atoms with Crippen LogP contribution in [0.4, 0.5) is 0 Å². The smallest absolute Gasteiger partial charge is 0.194 e. The van der Waals surface area contributed by atoms with Crippen molar-refractivity contribution in [3.05, 3.63) is 0 Å². The molecule has 0 spiro atoms. The molecule has 1 saturated heterocycles. The van der Waals surface area contributed by atoms with Gasteiger partial charge in [-0.05, 0) is 38.0 Å². The molecule has 1 unspecified atom stereocenters. The Morgan fingerprint density at radius 2 is 1.90 bits per heavy atom. The molecular weight excluding hydrogens is 377 g/mol. The van der Waals surface area contributed by atoms with E-state index >= 15 is 0 Å². The van der Waals surface area contributed by atoms with Crippen LogP contribution < -0.4 is 5.32 Å². The molecule has 0 bridgehead atoms. The summed E-state index contributed by atoms with van der Waals surface area (Å²) in [4.78, 5) is 7.10. The molecule has 1 saturated carbocycles. The van der Waals surface area contributed by atoms with Crippen molar-refractivity contribution in [1.82, 2.24) is 10.2 Å². The molecule has 5 heteroatoms. The minimum absolute atomic E-state index is 0. The zero-order valence-electron chi connectivity index (χ0n) is 13.8. The van der Waals surface area contributed by atoms with E-state index in [4.69, 9.17) is 4.99 Å². The van der Waals surface area contributed by atoms with Gasteiger partial charge in [0.05, 0.1) is 12.1 Å². The predicted octanol–water partition coefficient (Wildman–Crippen LogP) is 3.00. The number of hydrogen-bond donors (Lipinski definition) is 2. The molecule has 1 aliphatic carbocycles. The van der Waals surface area contributed by atoms with Crippen molar-refractivity contribution in [3.63, 3.8) is 0 Å². The van der Waals surface area contributed by atoms with Gasteiger partial charge in [0, 0.05) is 19.6 Å². The van der Waals surface area contributed by atoms with Gasteiger partial charge in [-0.25, -0.2) is 0 Å². The number of guanidine groups is 1. The molecule has 1 aliphatic heterocycles. The average molecular weight is 409 g/mol. The largest absolute Gasteiger partial charge is 0.388 e. The number of likely N-dealkylation sites (tertiary alicyclic amines) is 1. The van der Waals surface area contributed by atoms with Gasteiger partial charge in [0.2, 0.25) is 0 Å². The van der Waals surface area contributed by atoms with Gasteiger partial charge in [-0.1, -0.05) is 26.7 Å². The minimum atomic E-state index is -0.547. The van der Waals surface area contributed by atoms with E-state index in [1.165, 1.54) is 12.8 Å². The van der Waals surface area contributed by atoms with Crippen LogP contribution in [-0.4, -0.2) is 47.7 Å². The summed E-state index contributed by atoms with van der Waals surface area (Å²) >= 11 is 0. The second-order valence-corrected chi connectivity index (χ2v) is 6.94. The number of aliphatic imine (C=N–C) groups is 1. The monoisotopic (exact) mass is 409 g/mol. The molecule has 21 heavy (non-hydrogen) atoms. The van der Waals surface area contributed by atoms with Gasteiger partial charge >= 0.3 is 0 Å². The summed E-state index contributed by atoms with van der Waals surface area (Å²) in [6.07, 6.45) is 6.54. The SMILES string of the molecule is CCNC(=NCC1(O)CCCC1)N1CCC(C)(CC)C1.I. The fourth-order valence-corrected chi connectivity index (χ4v) is 3.33. The lowest BCUT2D eigenvalue weighted by molar-refractivity contribution is 0.0572. The second-order valence-electron chi connectivity index (χ2n) is 6.94. The van der Waals surface area contributed by atoms with Crippen LogP contribution in [0.15, 0.2) is 4.99 Å². The molecular formula is C16H32IN3O. The summed E-state index contributed by atoms with van der Waals surface area (Å²) in [6.45, 7) is 10.3. The molecule has 0 aromatic rings. The van der Waals surface area contributed by atoms with Gasteiger partial charge in [-0.3, -0.25) is 4.99 Å². The van der Waals surface area contributed by atoms with Crippen molar-refractivity contribution >= 4 is 29.9 Å². The van der Waals surface area contributed by atoms with E-state index in [2.05, 4.69) is 31.0 Å². The van der Waals surface area contributed by atoms with Crippen molar-refractivity contribution in [2.24, 2.45) is 10.4 Å². The van der Waals surface area contributed by atoms with Gasteiger partial charge in [0.25, 0.3) is 0 Å². The molecule has 2 N–H and O–H groups in total. The lowest BCUT2D eigenvalue weighted by Gasteiger charge is -2.27. The molecule has 1 heterocycles. The molecule has 0 amide bonds. The van der Waals surface area contributed by atoms with Crippen molar-refractivity contribution in [3.8, 4) is 0 Å². The topological polar surface area (TPSA) is 47.9 Å². The fourth-order valence-electron chi connectivity index (χ4n) is 3.33. The van der Waals surface area contributed by atoms with E-state index < -0.39 is 5.60 Å². The quantitative estimate of drug-likeness (QED) is 0.427. The third-order valence-corrected chi connectivity index (χ3v) is 5.10. The predicted molar refractivity (Wildman–Crippen MR) is 99.4 cm³/mol. The van der Waals surface area contributed by atoms with E-state index in [1.807, 2.05) is 0 Å². The Morgan fingerprint density at radius 3 is 2.43 bits per heavy atom.